The molecule has 0 bridgehead atoms. The lowest BCUT2D eigenvalue weighted by molar-refractivity contribution is -0.388. The van der Waals surface area contributed by atoms with Gasteiger partial charge in [0, 0.05) is 19.4 Å². The second-order valence-electron chi connectivity index (χ2n) is 24.0. The van der Waals surface area contributed by atoms with Gasteiger partial charge in [-0.25, -0.2) is 0 Å². The fourth-order valence-electron chi connectivity index (χ4n) is 15.3. The third kappa shape index (κ3) is 10.1. The van der Waals surface area contributed by atoms with E-state index in [4.69, 9.17) is 47.4 Å². The Hall–Kier alpha value is -1.14. The number of rotatable bonds is 15. The molecular formula is C52H86O22. The van der Waals surface area contributed by atoms with E-state index in [1.54, 1.807) is 7.11 Å². The van der Waals surface area contributed by atoms with Crippen molar-refractivity contribution in [3.8, 4) is 0 Å². The highest BCUT2D eigenvalue weighted by atomic mass is 16.8. The Balaban J connectivity index is 0.854. The zero-order valence-corrected chi connectivity index (χ0v) is 43.7. The van der Waals surface area contributed by atoms with Crippen molar-refractivity contribution in [2.45, 2.75) is 240 Å². The van der Waals surface area contributed by atoms with Gasteiger partial charge >= 0.3 is 0 Å². The van der Waals surface area contributed by atoms with Crippen LogP contribution >= 0.6 is 0 Å². The van der Waals surface area contributed by atoms with Crippen LogP contribution in [0.1, 0.15) is 99.3 Å². The lowest BCUT2D eigenvalue weighted by Crippen LogP contribution is -2.66. The molecule has 0 aromatic carbocycles. The van der Waals surface area contributed by atoms with Crippen LogP contribution in [-0.2, 0) is 47.4 Å². The van der Waals surface area contributed by atoms with E-state index in [-0.39, 0.29) is 41.3 Å². The zero-order valence-electron chi connectivity index (χ0n) is 43.7. The average Bonchev–Trinajstić information content (AvgIpc) is 3.84. The summed E-state index contributed by atoms with van der Waals surface area (Å²) in [5.41, 5.74) is 1.19. The van der Waals surface area contributed by atoms with E-state index in [2.05, 4.69) is 26.8 Å². The van der Waals surface area contributed by atoms with E-state index in [0.29, 0.717) is 43.4 Å². The van der Waals surface area contributed by atoms with Crippen LogP contribution in [0.15, 0.2) is 11.6 Å². The van der Waals surface area contributed by atoms with Crippen LogP contribution in [0, 0.1) is 46.3 Å². The van der Waals surface area contributed by atoms with Gasteiger partial charge in [-0.05, 0) is 106 Å². The summed E-state index contributed by atoms with van der Waals surface area (Å²) in [5.74, 6) is 0.884. The van der Waals surface area contributed by atoms with Crippen molar-refractivity contribution in [1.29, 1.82) is 0 Å². The highest BCUT2D eigenvalue weighted by Crippen LogP contribution is 2.70. The number of allylic oxidation sites excluding steroid dienone is 1. The summed E-state index contributed by atoms with van der Waals surface area (Å²) in [4.78, 5) is 0. The van der Waals surface area contributed by atoms with Gasteiger partial charge < -0.3 is 109 Å². The van der Waals surface area contributed by atoms with E-state index < -0.39 is 148 Å². The van der Waals surface area contributed by atoms with Gasteiger partial charge in [-0.15, -0.1) is 0 Å². The predicted octanol–water partition coefficient (Wildman–Crippen LogP) is -1.33. The lowest BCUT2D eigenvalue weighted by Gasteiger charge is -2.58. The molecule has 0 spiro atoms. The normalized spacial score (nSPS) is 54.9. The molecule has 12 N–H and O–H groups in total. The number of fused-ring (bicyclic) bond motifs is 7. The molecule has 3 saturated carbocycles. The van der Waals surface area contributed by atoms with Gasteiger partial charge in [0.2, 0.25) is 0 Å². The second kappa shape index (κ2) is 22.4. The summed E-state index contributed by atoms with van der Waals surface area (Å²) in [7, 11) is 1.72. The zero-order chi connectivity index (χ0) is 53.5. The number of ether oxygens (including phenoxy) is 10. The first kappa shape index (κ1) is 57.5. The molecule has 5 heterocycles. The predicted molar refractivity (Wildman–Crippen MR) is 254 cm³/mol. The Kier molecular flexibility index (Phi) is 17.4. The Morgan fingerprint density at radius 2 is 1.24 bits per heavy atom. The van der Waals surface area contributed by atoms with Gasteiger partial charge in [0.1, 0.15) is 85.5 Å². The Labute approximate surface area is 432 Å². The number of aliphatic hydroxyl groups excluding tert-OH is 12. The van der Waals surface area contributed by atoms with E-state index >= 15 is 0 Å². The Morgan fingerprint density at radius 1 is 0.649 bits per heavy atom. The molecule has 0 unspecified atom stereocenters. The minimum absolute atomic E-state index is 0.00465. The molecule has 426 valence electrons. The minimum atomic E-state index is -1.74. The SMILES string of the molecule is CO[C@]1(CC[C@@H](C)CO[C@H]2O[C@@H](CO)[C@H](O)[C@@H](O)[C@@H]2O)O[C@H]2C[C@H]3[C@@H]4CC=C5C[C@@H](O[C@H]6O[C@H](CO)[C@@H](O[C@@H]7O[C@@H](C)[C@H](O)[C@@H](O)[C@H]7O)[C@H](O)[C@H]6O[C@H]6O[C@@H](C)[C@H](O)[C@@H](O)[C@H]6O)CC[C@]5(C)[C@H]4CC[C@]3(C)[C@H]2[C@@H]1C. The number of hydrogen-bond donors (Lipinski definition) is 12. The van der Waals surface area contributed by atoms with Crippen molar-refractivity contribution in [2.75, 3.05) is 26.9 Å². The molecule has 0 aromatic heterocycles. The smallest absolute Gasteiger partial charge is 0.187 e. The lowest BCUT2D eigenvalue weighted by atomic mass is 9.47. The van der Waals surface area contributed by atoms with Crippen molar-refractivity contribution >= 4 is 0 Å². The van der Waals surface area contributed by atoms with Gasteiger partial charge in [0.05, 0.1) is 44.2 Å². The van der Waals surface area contributed by atoms with Gasteiger partial charge in [0.15, 0.2) is 30.9 Å². The van der Waals surface area contributed by atoms with Crippen LogP contribution in [0.5, 0.6) is 0 Å². The van der Waals surface area contributed by atoms with Gasteiger partial charge in [-0.3, -0.25) is 0 Å². The van der Waals surface area contributed by atoms with Gasteiger partial charge in [-0.2, -0.15) is 0 Å². The maximum atomic E-state index is 12.1. The number of hydrogen-bond acceptors (Lipinski definition) is 22. The first-order valence-corrected chi connectivity index (χ1v) is 27.2. The van der Waals surface area contributed by atoms with Crippen LogP contribution in [-0.4, -0.2) is 229 Å². The molecule has 22 nitrogen and oxygen atoms in total. The molecule has 31 atom stereocenters. The largest absolute Gasteiger partial charge is 0.394 e. The second-order valence-corrected chi connectivity index (χ2v) is 24.0. The van der Waals surface area contributed by atoms with Crippen molar-refractivity contribution < 1.29 is 109 Å². The van der Waals surface area contributed by atoms with Crippen molar-refractivity contribution in [3.63, 3.8) is 0 Å². The molecule has 0 aromatic rings. The first-order valence-electron chi connectivity index (χ1n) is 27.2. The molecule has 9 aliphatic rings. The number of aliphatic hydroxyl groups is 12. The molecule has 0 radical (unpaired) electrons. The summed E-state index contributed by atoms with van der Waals surface area (Å²) in [6, 6.07) is 0. The summed E-state index contributed by atoms with van der Waals surface area (Å²) in [5, 5.41) is 127. The quantitative estimate of drug-likeness (QED) is 0.0846. The fraction of sp³-hybridized carbons (Fsp3) is 0.962. The third-order valence-corrected chi connectivity index (χ3v) is 19.8. The maximum Gasteiger partial charge on any atom is 0.187 e. The van der Waals surface area contributed by atoms with Gasteiger partial charge in [-0.1, -0.05) is 39.3 Å². The molecule has 74 heavy (non-hydrogen) atoms. The average molecular weight is 1060 g/mol. The molecule has 9 rings (SSSR count). The summed E-state index contributed by atoms with van der Waals surface area (Å²) in [6.45, 7) is 11.1. The third-order valence-electron chi connectivity index (χ3n) is 19.8. The molecule has 0 amide bonds. The highest BCUT2D eigenvalue weighted by Gasteiger charge is 2.68. The standard InChI is InChI=1S/C52H86O22/c1-21(20-66-46-40(61)39(60)36(57)31(18-53)70-46)10-15-52(65-7)22(2)33-30(74-52)17-29-27-9-8-25-16-26(11-13-50(25,5)28(27)12-14-51(29,33)6)69-49-45(73-48-42(63)38(59)35(56)24(4)68-48)43(64)44(32(19-54)71-49)72-47-41(62)37(58)34(55)23(3)67-47/h8,21-24,26-49,53-64H,9-20H2,1-7H3/t21-,22+,23+,24+,26+,27-,28+,29+,30+,31+,32-,33+,34+,35+,36+,37-,38-,39-,40+,41-,42-,43+,44-,45-,46+,47+,48-,49+,50+,51+,52-/m1/s1. The maximum absolute atomic E-state index is 12.1. The molecule has 5 aliphatic heterocycles. The van der Waals surface area contributed by atoms with Crippen molar-refractivity contribution in [1.82, 2.24) is 0 Å². The van der Waals surface area contributed by atoms with Crippen LogP contribution in [0.3, 0.4) is 0 Å². The summed E-state index contributed by atoms with van der Waals surface area (Å²) in [6.07, 6.45) is -19.4. The molecule has 4 aliphatic carbocycles. The van der Waals surface area contributed by atoms with Crippen molar-refractivity contribution in [3.05, 3.63) is 11.6 Å². The molecular weight excluding hydrogens is 977 g/mol. The van der Waals surface area contributed by atoms with Crippen molar-refractivity contribution in [2.24, 2.45) is 46.3 Å². The van der Waals surface area contributed by atoms with E-state index in [0.717, 1.165) is 32.1 Å². The van der Waals surface area contributed by atoms with Crippen LogP contribution in [0.2, 0.25) is 0 Å². The van der Waals surface area contributed by atoms with E-state index in [1.807, 2.05) is 6.92 Å². The Morgan fingerprint density at radius 3 is 1.86 bits per heavy atom. The van der Waals surface area contributed by atoms with E-state index in [1.165, 1.54) is 19.4 Å². The summed E-state index contributed by atoms with van der Waals surface area (Å²) >= 11 is 0. The highest BCUT2D eigenvalue weighted by molar-refractivity contribution is 5.26. The monoisotopic (exact) mass is 1060 g/mol. The topological polar surface area (TPSA) is 335 Å². The van der Waals surface area contributed by atoms with Crippen LogP contribution < -0.4 is 0 Å². The molecule has 5 saturated heterocycles. The number of methoxy groups -OCH3 is 1. The molecule has 22 heteroatoms. The van der Waals surface area contributed by atoms with Crippen LogP contribution in [0.4, 0.5) is 0 Å². The minimum Gasteiger partial charge on any atom is -0.394 e. The van der Waals surface area contributed by atoms with Crippen LogP contribution in [0.25, 0.3) is 0 Å². The van der Waals surface area contributed by atoms with Gasteiger partial charge in [0.25, 0.3) is 0 Å². The summed E-state index contributed by atoms with van der Waals surface area (Å²) < 4.78 is 61.5. The first-order chi connectivity index (χ1) is 35.0. The fourth-order valence-corrected chi connectivity index (χ4v) is 15.3. The van der Waals surface area contributed by atoms with E-state index in [9.17, 15) is 61.3 Å². The Bertz CT molecular complexity index is 1920. The molecule has 8 fully saturated rings.